The van der Waals surface area contributed by atoms with Crippen LogP contribution in [0.4, 0.5) is 4.39 Å². The number of hydrogen-bond donors (Lipinski definition) is 1. The Balaban J connectivity index is 2.05. The first-order chi connectivity index (χ1) is 9.04. The highest BCUT2D eigenvalue weighted by atomic mass is 19.1. The molecular formula is C14H18FN3O. The van der Waals surface area contributed by atoms with Gasteiger partial charge < -0.3 is 10.3 Å². The van der Waals surface area contributed by atoms with Gasteiger partial charge in [-0.1, -0.05) is 31.1 Å². The number of nitrogens with two attached hydrogens (primary N) is 1. The largest absolute Gasteiger partial charge is 0.338 e. The van der Waals surface area contributed by atoms with E-state index in [1.54, 1.807) is 6.07 Å². The second-order valence-electron chi connectivity index (χ2n) is 5.09. The van der Waals surface area contributed by atoms with Gasteiger partial charge in [0, 0.05) is 6.42 Å². The van der Waals surface area contributed by atoms with E-state index >= 15 is 0 Å². The van der Waals surface area contributed by atoms with Gasteiger partial charge in [0.05, 0.1) is 6.04 Å². The van der Waals surface area contributed by atoms with E-state index in [-0.39, 0.29) is 11.9 Å². The third kappa shape index (κ3) is 3.86. The number of benzene rings is 1. The summed E-state index contributed by atoms with van der Waals surface area (Å²) in [6.45, 7) is 4.17. The van der Waals surface area contributed by atoms with Crippen molar-refractivity contribution in [1.29, 1.82) is 0 Å². The smallest absolute Gasteiger partial charge is 0.243 e. The van der Waals surface area contributed by atoms with Gasteiger partial charge in [-0.25, -0.2) is 4.39 Å². The quantitative estimate of drug-likeness (QED) is 0.900. The van der Waals surface area contributed by atoms with Crippen LogP contribution < -0.4 is 5.73 Å². The van der Waals surface area contributed by atoms with Crippen LogP contribution in [0.2, 0.25) is 0 Å². The summed E-state index contributed by atoms with van der Waals surface area (Å²) in [5.41, 5.74) is 6.78. The van der Waals surface area contributed by atoms with E-state index < -0.39 is 0 Å². The molecule has 102 valence electrons. The van der Waals surface area contributed by atoms with E-state index in [1.165, 1.54) is 12.1 Å². The first-order valence-electron chi connectivity index (χ1n) is 6.37. The summed E-state index contributed by atoms with van der Waals surface area (Å²) >= 11 is 0. The molecule has 1 aromatic heterocycles. The molecule has 19 heavy (non-hydrogen) atoms. The van der Waals surface area contributed by atoms with Crippen molar-refractivity contribution in [3.63, 3.8) is 0 Å². The van der Waals surface area contributed by atoms with Gasteiger partial charge in [-0.3, -0.25) is 0 Å². The highest BCUT2D eigenvalue weighted by Crippen LogP contribution is 2.17. The number of nitrogens with zero attached hydrogens (tertiary/aromatic N) is 2. The van der Waals surface area contributed by atoms with Crippen molar-refractivity contribution >= 4 is 0 Å². The van der Waals surface area contributed by atoms with E-state index in [2.05, 4.69) is 24.0 Å². The molecule has 0 radical (unpaired) electrons. The minimum atomic E-state index is -0.266. The molecule has 5 heteroatoms. The molecule has 0 saturated heterocycles. The van der Waals surface area contributed by atoms with Crippen molar-refractivity contribution in [1.82, 2.24) is 10.1 Å². The Labute approximate surface area is 111 Å². The predicted octanol–water partition coefficient (Wildman–Crippen LogP) is 2.85. The second kappa shape index (κ2) is 5.93. The third-order valence-electron chi connectivity index (χ3n) is 2.78. The van der Waals surface area contributed by atoms with E-state index in [4.69, 9.17) is 10.3 Å². The molecule has 1 heterocycles. The molecule has 0 unspecified atom stereocenters. The Morgan fingerprint density at radius 1 is 1.37 bits per heavy atom. The van der Waals surface area contributed by atoms with Crippen molar-refractivity contribution < 1.29 is 8.91 Å². The number of aromatic nitrogens is 2. The van der Waals surface area contributed by atoms with Gasteiger partial charge in [0.1, 0.15) is 5.82 Å². The molecule has 2 aromatic rings. The van der Waals surface area contributed by atoms with Crippen LogP contribution in [-0.2, 0) is 6.42 Å². The standard InChI is InChI=1S/C14H18FN3O/c1-9(2)6-12(16)14-17-13(18-19-14)8-10-4-3-5-11(15)7-10/h3-5,7,9,12H,6,8,16H2,1-2H3/t12-/m0/s1. The Hall–Kier alpha value is -1.75. The van der Waals surface area contributed by atoms with Crippen LogP contribution in [0.15, 0.2) is 28.8 Å². The molecule has 2 N–H and O–H groups in total. The van der Waals surface area contributed by atoms with E-state index in [9.17, 15) is 4.39 Å². The van der Waals surface area contributed by atoms with E-state index in [0.717, 1.165) is 12.0 Å². The lowest BCUT2D eigenvalue weighted by Gasteiger charge is -2.08. The maximum atomic E-state index is 13.1. The summed E-state index contributed by atoms with van der Waals surface area (Å²) < 4.78 is 18.2. The summed E-state index contributed by atoms with van der Waals surface area (Å²) in [7, 11) is 0. The fourth-order valence-corrected chi connectivity index (χ4v) is 1.93. The third-order valence-corrected chi connectivity index (χ3v) is 2.78. The molecule has 0 aliphatic heterocycles. The van der Waals surface area contributed by atoms with Crippen LogP contribution in [-0.4, -0.2) is 10.1 Å². The monoisotopic (exact) mass is 263 g/mol. The van der Waals surface area contributed by atoms with Crippen molar-refractivity contribution in [2.45, 2.75) is 32.7 Å². The zero-order chi connectivity index (χ0) is 13.8. The maximum absolute atomic E-state index is 13.1. The zero-order valence-corrected chi connectivity index (χ0v) is 11.1. The molecule has 0 bridgehead atoms. The molecule has 2 rings (SSSR count). The van der Waals surface area contributed by atoms with Crippen LogP contribution in [0.1, 0.15) is 43.6 Å². The molecular weight excluding hydrogens is 245 g/mol. The van der Waals surface area contributed by atoms with Crippen molar-refractivity contribution in [2.24, 2.45) is 11.7 Å². The fourth-order valence-electron chi connectivity index (χ4n) is 1.93. The topological polar surface area (TPSA) is 64.9 Å². The Kier molecular flexibility index (Phi) is 4.27. The average molecular weight is 263 g/mol. The van der Waals surface area contributed by atoms with Gasteiger partial charge in [-0.2, -0.15) is 4.98 Å². The molecule has 1 aromatic carbocycles. The van der Waals surface area contributed by atoms with Gasteiger partial charge >= 0.3 is 0 Å². The summed E-state index contributed by atoms with van der Waals surface area (Å²) in [6, 6.07) is 6.12. The van der Waals surface area contributed by atoms with Crippen LogP contribution >= 0.6 is 0 Å². The van der Waals surface area contributed by atoms with Crippen LogP contribution in [0, 0.1) is 11.7 Å². The lowest BCUT2D eigenvalue weighted by molar-refractivity contribution is 0.333. The molecule has 0 aliphatic rings. The normalized spacial score (nSPS) is 12.9. The molecule has 0 amide bonds. The number of halogens is 1. The highest BCUT2D eigenvalue weighted by molar-refractivity contribution is 5.19. The van der Waals surface area contributed by atoms with Gasteiger partial charge in [0.25, 0.3) is 0 Å². The lowest BCUT2D eigenvalue weighted by atomic mass is 10.0. The van der Waals surface area contributed by atoms with Crippen molar-refractivity contribution in [3.8, 4) is 0 Å². The first-order valence-corrected chi connectivity index (χ1v) is 6.37. The summed E-state index contributed by atoms with van der Waals surface area (Å²) in [4.78, 5) is 4.26. The predicted molar refractivity (Wildman–Crippen MR) is 69.9 cm³/mol. The zero-order valence-electron chi connectivity index (χ0n) is 11.1. The molecule has 0 aliphatic carbocycles. The first kappa shape index (κ1) is 13.7. The Morgan fingerprint density at radius 2 is 2.16 bits per heavy atom. The van der Waals surface area contributed by atoms with Gasteiger partial charge in [-0.05, 0) is 30.0 Å². The van der Waals surface area contributed by atoms with Gasteiger partial charge in [0.2, 0.25) is 5.89 Å². The lowest BCUT2D eigenvalue weighted by Crippen LogP contribution is -2.13. The SMILES string of the molecule is CC(C)C[C@H](N)c1nc(Cc2cccc(F)c2)no1. The molecule has 4 nitrogen and oxygen atoms in total. The minimum Gasteiger partial charge on any atom is -0.338 e. The highest BCUT2D eigenvalue weighted by Gasteiger charge is 2.16. The van der Waals surface area contributed by atoms with E-state index in [1.807, 2.05) is 6.07 Å². The van der Waals surface area contributed by atoms with E-state index in [0.29, 0.717) is 24.1 Å². The summed E-state index contributed by atoms with van der Waals surface area (Å²) in [6.07, 6.45) is 1.23. The number of hydrogen-bond acceptors (Lipinski definition) is 4. The van der Waals surface area contributed by atoms with Gasteiger partial charge in [-0.15, -0.1) is 0 Å². The molecule has 0 saturated carbocycles. The van der Waals surface area contributed by atoms with Crippen molar-refractivity contribution in [3.05, 3.63) is 47.4 Å². The Morgan fingerprint density at radius 3 is 2.84 bits per heavy atom. The van der Waals surface area contributed by atoms with Crippen LogP contribution in [0.5, 0.6) is 0 Å². The van der Waals surface area contributed by atoms with Gasteiger partial charge in [0.15, 0.2) is 5.82 Å². The number of rotatable bonds is 5. The average Bonchev–Trinajstić information content (AvgIpc) is 2.76. The molecule has 0 fully saturated rings. The second-order valence-corrected chi connectivity index (χ2v) is 5.09. The molecule has 0 spiro atoms. The summed E-state index contributed by atoms with van der Waals surface area (Å²) in [5, 5.41) is 3.88. The fraction of sp³-hybridized carbons (Fsp3) is 0.429. The Bertz CT molecular complexity index is 539. The maximum Gasteiger partial charge on any atom is 0.243 e. The minimum absolute atomic E-state index is 0.242. The molecule has 1 atom stereocenters. The summed E-state index contributed by atoms with van der Waals surface area (Å²) in [5.74, 6) is 1.17. The van der Waals surface area contributed by atoms with Crippen LogP contribution in [0.25, 0.3) is 0 Å². The van der Waals surface area contributed by atoms with Crippen molar-refractivity contribution in [2.75, 3.05) is 0 Å². The van der Waals surface area contributed by atoms with Crippen LogP contribution in [0.3, 0.4) is 0 Å².